The molecule has 0 bridgehead atoms. The normalized spacial score (nSPS) is 10.1. The van der Waals surface area contributed by atoms with Crippen molar-refractivity contribution in [2.75, 3.05) is 11.5 Å². The van der Waals surface area contributed by atoms with E-state index in [0.29, 0.717) is 17.9 Å². The highest BCUT2D eigenvalue weighted by Gasteiger charge is 2.05. The molecule has 0 radical (unpaired) electrons. The molecule has 0 aliphatic heterocycles. The largest absolute Gasteiger partial charge is 0.398 e. The molecule has 2 aromatic heterocycles. The first-order valence-electron chi connectivity index (χ1n) is 4.65. The average molecular weight is 200 g/mol. The molecular weight excluding hydrogens is 188 g/mol. The van der Waals surface area contributed by atoms with E-state index in [4.69, 9.17) is 11.5 Å². The Balaban J connectivity index is 2.32. The molecule has 0 fully saturated rings. The summed E-state index contributed by atoms with van der Waals surface area (Å²) in [4.78, 5) is 8.05. The van der Waals surface area contributed by atoms with E-state index in [1.165, 1.54) is 0 Å². The van der Waals surface area contributed by atoms with Crippen molar-refractivity contribution in [1.29, 1.82) is 0 Å². The van der Waals surface area contributed by atoms with Gasteiger partial charge in [0.25, 0.3) is 0 Å². The van der Waals surface area contributed by atoms with Gasteiger partial charge in [-0.15, -0.1) is 0 Å². The molecule has 4 heteroatoms. The van der Waals surface area contributed by atoms with Crippen LogP contribution in [0.1, 0.15) is 11.1 Å². The monoisotopic (exact) mass is 200 g/mol. The highest BCUT2D eigenvalue weighted by Crippen LogP contribution is 2.19. The first kappa shape index (κ1) is 9.45. The first-order valence-corrected chi connectivity index (χ1v) is 4.65. The molecule has 0 saturated heterocycles. The third-order valence-electron chi connectivity index (χ3n) is 2.23. The fourth-order valence-electron chi connectivity index (χ4n) is 1.42. The number of hydrogen-bond acceptors (Lipinski definition) is 4. The van der Waals surface area contributed by atoms with Gasteiger partial charge in [-0.05, 0) is 17.7 Å². The van der Waals surface area contributed by atoms with Crippen molar-refractivity contribution in [3.63, 3.8) is 0 Å². The maximum Gasteiger partial charge on any atom is 0.128 e. The van der Waals surface area contributed by atoms with Crippen LogP contribution >= 0.6 is 0 Å². The summed E-state index contributed by atoms with van der Waals surface area (Å²) in [5, 5.41) is 0. The summed E-state index contributed by atoms with van der Waals surface area (Å²) in [6, 6.07) is 5.62. The van der Waals surface area contributed by atoms with Crippen LogP contribution in [0.3, 0.4) is 0 Å². The molecular formula is C11H12N4. The minimum Gasteiger partial charge on any atom is -0.398 e. The third-order valence-corrected chi connectivity index (χ3v) is 2.23. The second-order valence-electron chi connectivity index (χ2n) is 3.30. The molecule has 0 atom stereocenters. The van der Waals surface area contributed by atoms with Crippen molar-refractivity contribution in [2.45, 2.75) is 6.42 Å². The van der Waals surface area contributed by atoms with E-state index in [-0.39, 0.29) is 0 Å². The summed E-state index contributed by atoms with van der Waals surface area (Å²) in [7, 11) is 0. The number of nitrogens with two attached hydrogens (primary N) is 2. The molecule has 0 spiro atoms. The summed E-state index contributed by atoms with van der Waals surface area (Å²) >= 11 is 0. The summed E-state index contributed by atoms with van der Waals surface area (Å²) in [5.74, 6) is 0.485. The molecule has 0 amide bonds. The molecule has 15 heavy (non-hydrogen) atoms. The van der Waals surface area contributed by atoms with Gasteiger partial charge in [-0.1, -0.05) is 6.07 Å². The lowest BCUT2D eigenvalue weighted by atomic mass is 10.1. The summed E-state index contributed by atoms with van der Waals surface area (Å²) in [6.07, 6.45) is 5.81. The molecule has 0 unspecified atom stereocenters. The molecule has 0 aliphatic rings. The van der Waals surface area contributed by atoms with Gasteiger partial charge in [0.2, 0.25) is 0 Å². The van der Waals surface area contributed by atoms with Crippen LogP contribution in [0.4, 0.5) is 11.5 Å². The van der Waals surface area contributed by atoms with Crippen LogP contribution < -0.4 is 11.5 Å². The number of anilines is 2. The molecule has 2 rings (SSSR count). The fourth-order valence-corrected chi connectivity index (χ4v) is 1.42. The summed E-state index contributed by atoms with van der Waals surface area (Å²) in [5.41, 5.74) is 14.2. The molecule has 2 heterocycles. The Morgan fingerprint density at radius 3 is 2.67 bits per heavy atom. The maximum absolute atomic E-state index is 5.83. The number of rotatable bonds is 2. The van der Waals surface area contributed by atoms with Gasteiger partial charge in [0.05, 0.1) is 0 Å². The Morgan fingerprint density at radius 2 is 2.00 bits per heavy atom. The van der Waals surface area contributed by atoms with Crippen LogP contribution in [0, 0.1) is 0 Å². The standard InChI is InChI=1S/C11H12N4/c12-10-3-5-15-11(13)9(10)6-8-2-1-4-14-7-8/h1-5,7H,6H2,(H4,12,13,15). The van der Waals surface area contributed by atoms with E-state index < -0.39 is 0 Å². The number of nitrogen functional groups attached to an aromatic ring is 2. The zero-order chi connectivity index (χ0) is 10.7. The van der Waals surface area contributed by atoms with Gasteiger partial charge in [0.1, 0.15) is 5.82 Å². The van der Waals surface area contributed by atoms with Gasteiger partial charge in [0.15, 0.2) is 0 Å². The Morgan fingerprint density at radius 1 is 1.13 bits per heavy atom. The van der Waals surface area contributed by atoms with E-state index in [1.54, 1.807) is 24.7 Å². The lowest BCUT2D eigenvalue weighted by molar-refractivity contribution is 1.13. The van der Waals surface area contributed by atoms with E-state index in [9.17, 15) is 0 Å². The average Bonchev–Trinajstić information content (AvgIpc) is 2.25. The maximum atomic E-state index is 5.83. The smallest absolute Gasteiger partial charge is 0.128 e. The van der Waals surface area contributed by atoms with Gasteiger partial charge in [-0.25, -0.2) is 4.98 Å². The van der Waals surface area contributed by atoms with Crippen LogP contribution in [0.2, 0.25) is 0 Å². The number of hydrogen-bond donors (Lipinski definition) is 2. The van der Waals surface area contributed by atoms with E-state index in [1.807, 2.05) is 12.1 Å². The van der Waals surface area contributed by atoms with Gasteiger partial charge < -0.3 is 11.5 Å². The Hall–Kier alpha value is -2.10. The number of aromatic nitrogens is 2. The molecule has 0 saturated carbocycles. The molecule has 4 nitrogen and oxygen atoms in total. The minimum absolute atomic E-state index is 0.485. The van der Waals surface area contributed by atoms with Crippen molar-refractivity contribution >= 4 is 11.5 Å². The topological polar surface area (TPSA) is 77.8 Å². The Labute approximate surface area is 88.0 Å². The fraction of sp³-hybridized carbons (Fsp3) is 0.0909. The van der Waals surface area contributed by atoms with Gasteiger partial charge in [0, 0.05) is 36.3 Å². The van der Waals surface area contributed by atoms with E-state index >= 15 is 0 Å². The van der Waals surface area contributed by atoms with Crippen molar-refractivity contribution in [3.8, 4) is 0 Å². The summed E-state index contributed by atoms with van der Waals surface area (Å²) < 4.78 is 0. The lowest BCUT2D eigenvalue weighted by Gasteiger charge is -2.07. The van der Waals surface area contributed by atoms with Crippen LogP contribution in [0.5, 0.6) is 0 Å². The molecule has 0 aromatic carbocycles. The van der Waals surface area contributed by atoms with E-state index in [2.05, 4.69) is 9.97 Å². The minimum atomic E-state index is 0.485. The molecule has 2 aromatic rings. The van der Waals surface area contributed by atoms with Gasteiger partial charge in [-0.3, -0.25) is 4.98 Å². The number of nitrogens with zero attached hydrogens (tertiary/aromatic N) is 2. The van der Waals surface area contributed by atoms with Crippen molar-refractivity contribution in [3.05, 3.63) is 47.9 Å². The zero-order valence-electron chi connectivity index (χ0n) is 8.22. The highest BCUT2D eigenvalue weighted by atomic mass is 14.8. The lowest BCUT2D eigenvalue weighted by Crippen LogP contribution is -2.03. The third kappa shape index (κ3) is 2.04. The molecule has 0 aliphatic carbocycles. The van der Waals surface area contributed by atoms with Crippen LogP contribution in [-0.4, -0.2) is 9.97 Å². The predicted octanol–water partition coefficient (Wildman–Crippen LogP) is 1.23. The zero-order valence-corrected chi connectivity index (χ0v) is 8.22. The van der Waals surface area contributed by atoms with Crippen molar-refractivity contribution in [1.82, 2.24) is 9.97 Å². The van der Waals surface area contributed by atoms with E-state index in [0.717, 1.165) is 11.1 Å². The predicted molar refractivity (Wildman–Crippen MR) is 60.1 cm³/mol. The van der Waals surface area contributed by atoms with Crippen LogP contribution in [0.15, 0.2) is 36.8 Å². The van der Waals surface area contributed by atoms with Crippen molar-refractivity contribution < 1.29 is 0 Å². The SMILES string of the molecule is Nc1ccnc(N)c1Cc1cccnc1. The highest BCUT2D eigenvalue weighted by molar-refractivity contribution is 5.58. The molecule has 4 N–H and O–H groups in total. The first-order chi connectivity index (χ1) is 7.27. The van der Waals surface area contributed by atoms with Gasteiger partial charge >= 0.3 is 0 Å². The summed E-state index contributed by atoms with van der Waals surface area (Å²) in [6.45, 7) is 0. The Kier molecular flexibility index (Phi) is 2.49. The molecule has 76 valence electrons. The quantitative estimate of drug-likeness (QED) is 0.764. The number of pyridine rings is 2. The van der Waals surface area contributed by atoms with Crippen LogP contribution in [-0.2, 0) is 6.42 Å². The van der Waals surface area contributed by atoms with Gasteiger partial charge in [-0.2, -0.15) is 0 Å². The van der Waals surface area contributed by atoms with Crippen molar-refractivity contribution in [2.24, 2.45) is 0 Å². The second kappa shape index (κ2) is 3.96. The van der Waals surface area contributed by atoms with Crippen LogP contribution in [0.25, 0.3) is 0 Å². The Bertz CT molecular complexity index is 433. The second-order valence-corrected chi connectivity index (χ2v) is 3.30.